The normalized spacial score (nSPS) is 11.6. The molecule has 0 saturated heterocycles. The van der Waals surface area contributed by atoms with E-state index in [1.807, 2.05) is 84.9 Å². The van der Waals surface area contributed by atoms with Crippen LogP contribution in [0.15, 0.2) is 84.9 Å². The molecule has 0 fully saturated rings. The van der Waals surface area contributed by atoms with E-state index in [0.29, 0.717) is 6.42 Å². The second-order valence-electron chi connectivity index (χ2n) is 5.78. The molecule has 3 heteroatoms. The van der Waals surface area contributed by atoms with Crippen molar-refractivity contribution in [2.75, 3.05) is 0 Å². The number of ether oxygens (including phenoxy) is 2. The highest BCUT2D eigenvalue weighted by atomic mass is 16.5. The first-order valence-corrected chi connectivity index (χ1v) is 8.25. The van der Waals surface area contributed by atoms with Gasteiger partial charge in [0.1, 0.15) is 17.6 Å². The van der Waals surface area contributed by atoms with Gasteiger partial charge in [0.05, 0.1) is 0 Å². The van der Waals surface area contributed by atoms with E-state index in [4.69, 9.17) is 9.47 Å². The lowest BCUT2D eigenvalue weighted by Gasteiger charge is -2.18. The molecule has 1 atom stereocenters. The summed E-state index contributed by atoms with van der Waals surface area (Å²) in [7, 11) is 0. The van der Waals surface area contributed by atoms with Crippen molar-refractivity contribution in [1.82, 2.24) is 0 Å². The summed E-state index contributed by atoms with van der Waals surface area (Å²) >= 11 is 0. The molecule has 0 aliphatic carbocycles. The van der Waals surface area contributed by atoms with E-state index >= 15 is 0 Å². The van der Waals surface area contributed by atoms with Crippen LogP contribution >= 0.6 is 0 Å². The van der Waals surface area contributed by atoms with Crippen molar-refractivity contribution in [2.45, 2.75) is 19.4 Å². The highest BCUT2D eigenvalue weighted by molar-refractivity contribution is 5.66. The Bertz CT molecular complexity index is 813. The number of hydrogen-bond donors (Lipinski definition) is 0. The van der Waals surface area contributed by atoms with Gasteiger partial charge in [0.25, 0.3) is 0 Å². The number of carbonyl (C=O) groups is 1. The summed E-state index contributed by atoms with van der Waals surface area (Å²) in [4.78, 5) is 11.5. The molecule has 0 saturated carbocycles. The zero-order valence-corrected chi connectivity index (χ0v) is 14.1. The Balaban J connectivity index is 1.78. The molecule has 0 heterocycles. The van der Waals surface area contributed by atoms with Crippen molar-refractivity contribution >= 4 is 5.97 Å². The van der Waals surface area contributed by atoms with Crippen LogP contribution < -0.4 is 4.74 Å². The van der Waals surface area contributed by atoms with Gasteiger partial charge in [-0.25, -0.2) is 0 Å². The minimum Gasteiger partial charge on any atom is -0.457 e. The van der Waals surface area contributed by atoms with Crippen LogP contribution in [0.25, 0.3) is 0 Å². The number of para-hydroxylation sites is 1. The third-order valence-corrected chi connectivity index (χ3v) is 3.78. The SMILES string of the molecule is CC(=O)O[C@H](Cc1cccc(Oc2ccccc2)c1)c1ccccc1. The molecule has 0 radical (unpaired) electrons. The lowest BCUT2D eigenvalue weighted by molar-refractivity contribution is -0.146. The fraction of sp³-hybridized carbons (Fsp3) is 0.136. The van der Waals surface area contributed by atoms with Crippen molar-refractivity contribution in [3.8, 4) is 11.5 Å². The molecule has 0 aromatic heterocycles. The summed E-state index contributed by atoms with van der Waals surface area (Å²) in [5, 5.41) is 0. The fourth-order valence-corrected chi connectivity index (χ4v) is 2.67. The van der Waals surface area contributed by atoms with Gasteiger partial charge >= 0.3 is 5.97 Å². The van der Waals surface area contributed by atoms with Gasteiger partial charge < -0.3 is 9.47 Å². The first-order chi connectivity index (χ1) is 12.2. The minimum atomic E-state index is -0.314. The Kier molecular flexibility index (Phi) is 5.47. The maximum Gasteiger partial charge on any atom is 0.303 e. The average Bonchev–Trinajstić information content (AvgIpc) is 2.63. The third-order valence-electron chi connectivity index (χ3n) is 3.78. The van der Waals surface area contributed by atoms with Crippen LogP contribution in [0.2, 0.25) is 0 Å². The number of benzene rings is 3. The Morgan fingerprint density at radius 2 is 1.48 bits per heavy atom. The van der Waals surface area contributed by atoms with Gasteiger partial charge in [0.2, 0.25) is 0 Å². The molecule has 0 spiro atoms. The first kappa shape index (κ1) is 16.8. The monoisotopic (exact) mass is 332 g/mol. The number of rotatable bonds is 6. The lowest BCUT2D eigenvalue weighted by Crippen LogP contribution is -2.11. The van der Waals surface area contributed by atoms with Crippen molar-refractivity contribution < 1.29 is 14.3 Å². The van der Waals surface area contributed by atoms with Gasteiger partial charge in [-0.1, -0.05) is 60.7 Å². The van der Waals surface area contributed by atoms with Crippen LogP contribution in [0.1, 0.15) is 24.2 Å². The molecule has 0 aliphatic heterocycles. The molecule has 0 amide bonds. The second-order valence-corrected chi connectivity index (χ2v) is 5.78. The molecule has 3 nitrogen and oxygen atoms in total. The zero-order valence-electron chi connectivity index (χ0n) is 14.1. The van der Waals surface area contributed by atoms with Gasteiger partial charge in [-0.3, -0.25) is 4.79 Å². The maximum absolute atomic E-state index is 11.5. The Labute approximate surface area is 147 Å². The molecule has 126 valence electrons. The van der Waals surface area contributed by atoms with E-state index in [1.54, 1.807) is 0 Å². The van der Waals surface area contributed by atoms with Gasteiger partial charge in [0.15, 0.2) is 0 Å². The molecule has 3 rings (SSSR count). The highest BCUT2D eigenvalue weighted by Crippen LogP contribution is 2.26. The predicted octanol–water partition coefficient (Wildman–Crippen LogP) is 5.33. The molecule has 3 aromatic carbocycles. The summed E-state index contributed by atoms with van der Waals surface area (Å²) in [6, 6.07) is 27.3. The van der Waals surface area contributed by atoms with Crippen molar-refractivity contribution in [1.29, 1.82) is 0 Å². The van der Waals surface area contributed by atoms with E-state index in [2.05, 4.69) is 0 Å². The van der Waals surface area contributed by atoms with Gasteiger partial charge in [0, 0.05) is 13.3 Å². The minimum absolute atomic E-state index is 0.287. The van der Waals surface area contributed by atoms with Crippen LogP contribution in [0.5, 0.6) is 11.5 Å². The summed E-state index contributed by atoms with van der Waals surface area (Å²) in [5.74, 6) is 1.27. The maximum atomic E-state index is 11.5. The number of carbonyl (C=O) groups excluding carboxylic acids is 1. The van der Waals surface area contributed by atoms with Gasteiger partial charge in [-0.05, 0) is 35.4 Å². The van der Waals surface area contributed by atoms with E-state index in [1.165, 1.54) is 6.92 Å². The summed E-state index contributed by atoms with van der Waals surface area (Å²) in [6.07, 6.45) is 0.279. The van der Waals surface area contributed by atoms with E-state index < -0.39 is 0 Å². The smallest absolute Gasteiger partial charge is 0.303 e. The number of hydrogen-bond acceptors (Lipinski definition) is 3. The lowest BCUT2D eigenvalue weighted by atomic mass is 10.0. The molecular weight excluding hydrogens is 312 g/mol. The Morgan fingerprint density at radius 3 is 2.16 bits per heavy atom. The van der Waals surface area contributed by atoms with E-state index in [0.717, 1.165) is 22.6 Å². The van der Waals surface area contributed by atoms with Gasteiger partial charge in [-0.15, -0.1) is 0 Å². The fourth-order valence-electron chi connectivity index (χ4n) is 2.67. The topological polar surface area (TPSA) is 35.5 Å². The third kappa shape index (κ3) is 4.95. The molecule has 0 bridgehead atoms. The largest absolute Gasteiger partial charge is 0.457 e. The quantitative estimate of drug-likeness (QED) is 0.573. The molecule has 0 unspecified atom stereocenters. The second kappa shape index (κ2) is 8.15. The molecule has 3 aromatic rings. The van der Waals surface area contributed by atoms with Crippen LogP contribution in [0, 0.1) is 0 Å². The molecule has 0 N–H and O–H groups in total. The van der Waals surface area contributed by atoms with Gasteiger partial charge in [-0.2, -0.15) is 0 Å². The average molecular weight is 332 g/mol. The van der Waals surface area contributed by atoms with Crippen LogP contribution in [-0.4, -0.2) is 5.97 Å². The Hall–Kier alpha value is -3.07. The summed E-state index contributed by atoms with van der Waals surface area (Å²) in [6.45, 7) is 1.44. The standard InChI is InChI=1S/C22H20O3/c1-17(23)24-22(19-10-4-2-5-11-19)16-18-9-8-14-21(15-18)25-20-12-6-3-7-13-20/h2-15,22H,16H2,1H3/t22-/m1/s1. The molecule has 0 aliphatic rings. The van der Waals surface area contributed by atoms with E-state index in [-0.39, 0.29) is 12.1 Å². The summed E-state index contributed by atoms with van der Waals surface area (Å²) < 4.78 is 11.4. The number of esters is 1. The highest BCUT2D eigenvalue weighted by Gasteiger charge is 2.15. The van der Waals surface area contributed by atoms with Crippen molar-refractivity contribution in [2.24, 2.45) is 0 Å². The van der Waals surface area contributed by atoms with Crippen LogP contribution in [0.3, 0.4) is 0 Å². The summed E-state index contributed by atoms with van der Waals surface area (Å²) in [5.41, 5.74) is 2.02. The Morgan fingerprint density at radius 1 is 0.840 bits per heavy atom. The molecular formula is C22H20O3. The molecule has 25 heavy (non-hydrogen) atoms. The predicted molar refractivity (Wildman–Crippen MR) is 97.6 cm³/mol. The van der Waals surface area contributed by atoms with Crippen molar-refractivity contribution in [3.63, 3.8) is 0 Å². The zero-order chi connectivity index (χ0) is 17.5. The first-order valence-electron chi connectivity index (χ1n) is 8.25. The van der Waals surface area contributed by atoms with Crippen LogP contribution in [0.4, 0.5) is 0 Å². The van der Waals surface area contributed by atoms with Crippen molar-refractivity contribution in [3.05, 3.63) is 96.1 Å². The van der Waals surface area contributed by atoms with E-state index in [9.17, 15) is 4.79 Å². The van der Waals surface area contributed by atoms with Crippen LogP contribution in [-0.2, 0) is 16.0 Å².